The Morgan fingerprint density at radius 3 is 2.69 bits per heavy atom. The number of rotatable bonds is 4. The topological polar surface area (TPSA) is 64.3 Å². The van der Waals surface area contributed by atoms with E-state index in [1.807, 2.05) is 6.92 Å². The maximum atomic E-state index is 11.4. The zero-order valence-corrected chi connectivity index (χ0v) is 8.30. The maximum absolute atomic E-state index is 11.4. The van der Waals surface area contributed by atoms with E-state index in [2.05, 4.69) is 5.32 Å². The molecule has 0 saturated heterocycles. The van der Waals surface area contributed by atoms with E-state index in [0.717, 1.165) is 12.8 Å². The molecule has 3 N–H and O–H groups in total. The van der Waals surface area contributed by atoms with E-state index in [9.17, 15) is 4.79 Å². The van der Waals surface area contributed by atoms with E-state index in [4.69, 9.17) is 10.5 Å². The summed E-state index contributed by atoms with van der Waals surface area (Å²) in [5.74, 6) is -0.107. The number of hydrogen-bond acceptors (Lipinski definition) is 3. The van der Waals surface area contributed by atoms with Gasteiger partial charge in [0.1, 0.15) is 6.04 Å². The molecule has 1 rings (SSSR count). The summed E-state index contributed by atoms with van der Waals surface area (Å²) in [7, 11) is 1.54. The Kier molecular flexibility index (Phi) is 3.27. The number of hydrogen-bond donors (Lipinski definition) is 2. The molecule has 4 heteroatoms. The van der Waals surface area contributed by atoms with Gasteiger partial charge >= 0.3 is 0 Å². The first-order valence-corrected chi connectivity index (χ1v) is 4.64. The minimum Gasteiger partial charge on any atom is -0.383 e. The first-order valence-electron chi connectivity index (χ1n) is 4.64. The first kappa shape index (κ1) is 10.5. The fraction of sp³-hybridized carbons (Fsp3) is 0.889. The van der Waals surface area contributed by atoms with E-state index in [1.54, 1.807) is 0 Å². The van der Waals surface area contributed by atoms with Crippen LogP contribution < -0.4 is 11.1 Å². The van der Waals surface area contributed by atoms with Crippen LogP contribution in [-0.4, -0.2) is 31.2 Å². The van der Waals surface area contributed by atoms with E-state index < -0.39 is 6.04 Å². The predicted octanol–water partition coefficient (Wildman–Crippen LogP) is 0.0189. The molecule has 1 saturated carbocycles. The monoisotopic (exact) mass is 186 g/mol. The summed E-state index contributed by atoms with van der Waals surface area (Å²) in [6.45, 7) is 2.33. The highest BCUT2D eigenvalue weighted by Crippen LogP contribution is 2.30. The van der Waals surface area contributed by atoms with Crippen molar-refractivity contribution in [3.05, 3.63) is 0 Å². The molecule has 13 heavy (non-hydrogen) atoms. The van der Waals surface area contributed by atoms with Crippen LogP contribution in [0.5, 0.6) is 0 Å². The third kappa shape index (κ3) is 2.67. The Labute approximate surface area is 78.8 Å². The van der Waals surface area contributed by atoms with Crippen molar-refractivity contribution >= 4 is 5.91 Å². The Bertz CT molecular complexity index is 190. The molecule has 0 aromatic carbocycles. The second-order valence-electron chi connectivity index (χ2n) is 3.97. The van der Waals surface area contributed by atoms with Crippen LogP contribution >= 0.6 is 0 Å². The van der Waals surface area contributed by atoms with E-state index in [0.29, 0.717) is 0 Å². The SMILES string of the molecule is COCC(N)C(=O)NC1(C)CCC1. The third-order valence-electron chi connectivity index (χ3n) is 2.57. The molecule has 1 aliphatic carbocycles. The van der Waals surface area contributed by atoms with Crippen LogP contribution in [0.4, 0.5) is 0 Å². The standard InChI is InChI=1S/C9H18N2O2/c1-9(4-3-5-9)11-8(12)7(10)6-13-2/h7H,3-6,10H2,1-2H3,(H,11,12). The highest BCUT2D eigenvalue weighted by atomic mass is 16.5. The number of amides is 1. The van der Waals surface area contributed by atoms with E-state index in [1.165, 1.54) is 13.5 Å². The van der Waals surface area contributed by atoms with Crippen molar-refractivity contribution in [2.75, 3.05) is 13.7 Å². The Hall–Kier alpha value is -0.610. The molecule has 0 aromatic rings. The highest BCUT2D eigenvalue weighted by Gasteiger charge is 2.34. The lowest BCUT2D eigenvalue weighted by Gasteiger charge is -2.39. The zero-order chi connectivity index (χ0) is 9.90. The molecule has 0 spiro atoms. The summed E-state index contributed by atoms with van der Waals surface area (Å²) >= 11 is 0. The van der Waals surface area contributed by atoms with Crippen molar-refractivity contribution < 1.29 is 9.53 Å². The molecule has 0 heterocycles. The summed E-state index contributed by atoms with van der Waals surface area (Å²) in [6.07, 6.45) is 3.30. The molecule has 1 aliphatic rings. The van der Waals surface area contributed by atoms with Crippen LogP contribution in [0.3, 0.4) is 0 Å². The van der Waals surface area contributed by atoms with Crippen molar-refractivity contribution in [2.24, 2.45) is 5.73 Å². The molecule has 0 aliphatic heterocycles. The van der Waals surface area contributed by atoms with E-state index >= 15 is 0 Å². The van der Waals surface area contributed by atoms with Gasteiger partial charge in [0.15, 0.2) is 0 Å². The molecule has 1 amide bonds. The molecule has 4 nitrogen and oxygen atoms in total. The molecular formula is C9H18N2O2. The average molecular weight is 186 g/mol. The van der Waals surface area contributed by atoms with Crippen molar-refractivity contribution in [2.45, 2.75) is 37.8 Å². The minimum atomic E-state index is -0.539. The number of nitrogens with one attached hydrogen (secondary N) is 1. The van der Waals surface area contributed by atoms with Gasteiger partial charge in [-0.3, -0.25) is 4.79 Å². The van der Waals surface area contributed by atoms with Gasteiger partial charge < -0.3 is 15.8 Å². The van der Waals surface area contributed by atoms with Crippen LogP contribution in [0, 0.1) is 0 Å². The van der Waals surface area contributed by atoms with Crippen molar-refractivity contribution in [1.82, 2.24) is 5.32 Å². The van der Waals surface area contributed by atoms with Crippen molar-refractivity contribution in [1.29, 1.82) is 0 Å². The second-order valence-corrected chi connectivity index (χ2v) is 3.97. The second kappa shape index (κ2) is 4.07. The Morgan fingerprint density at radius 1 is 1.69 bits per heavy atom. The quantitative estimate of drug-likeness (QED) is 0.650. The minimum absolute atomic E-state index is 0.0115. The lowest BCUT2D eigenvalue weighted by Crippen LogP contribution is -2.56. The summed E-state index contributed by atoms with van der Waals surface area (Å²) < 4.78 is 4.81. The summed E-state index contributed by atoms with van der Waals surface area (Å²) in [5, 5.41) is 2.93. The summed E-state index contributed by atoms with van der Waals surface area (Å²) in [5.41, 5.74) is 5.57. The summed E-state index contributed by atoms with van der Waals surface area (Å²) in [6, 6.07) is -0.539. The van der Waals surface area contributed by atoms with Gasteiger partial charge in [-0.25, -0.2) is 0 Å². The van der Waals surface area contributed by atoms with Gasteiger partial charge in [0.25, 0.3) is 0 Å². The van der Waals surface area contributed by atoms with Gasteiger partial charge in [0, 0.05) is 12.6 Å². The van der Waals surface area contributed by atoms with E-state index in [-0.39, 0.29) is 18.1 Å². The van der Waals surface area contributed by atoms with Gasteiger partial charge in [0.2, 0.25) is 5.91 Å². The summed E-state index contributed by atoms with van der Waals surface area (Å²) in [4.78, 5) is 11.4. The molecule has 1 fully saturated rings. The molecular weight excluding hydrogens is 168 g/mol. The molecule has 0 aromatic heterocycles. The fourth-order valence-corrected chi connectivity index (χ4v) is 1.48. The lowest BCUT2D eigenvalue weighted by molar-refractivity contribution is -0.126. The van der Waals surface area contributed by atoms with Crippen LogP contribution in [-0.2, 0) is 9.53 Å². The van der Waals surface area contributed by atoms with Gasteiger partial charge in [0.05, 0.1) is 6.61 Å². The van der Waals surface area contributed by atoms with Crippen LogP contribution in [0.2, 0.25) is 0 Å². The van der Waals surface area contributed by atoms with Gasteiger partial charge in [-0.2, -0.15) is 0 Å². The Morgan fingerprint density at radius 2 is 2.31 bits per heavy atom. The smallest absolute Gasteiger partial charge is 0.239 e. The number of nitrogens with two attached hydrogens (primary N) is 1. The first-order chi connectivity index (χ1) is 6.07. The van der Waals surface area contributed by atoms with Gasteiger partial charge in [-0.05, 0) is 26.2 Å². The maximum Gasteiger partial charge on any atom is 0.239 e. The highest BCUT2D eigenvalue weighted by molar-refractivity contribution is 5.82. The lowest BCUT2D eigenvalue weighted by atomic mass is 9.78. The van der Waals surface area contributed by atoms with Crippen molar-refractivity contribution in [3.8, 4) is 0 Å². The molecule has 76 valence electrons. The average Bonchev–Trinajstić information content (AvgIpc) is 2.02. The third-order valence-corrected chi connectivity index (χ3v) is 2.57. The van der Waals surface area contributed by atoms with Crippen LogP contribution in [0.1, 0.15) is 26.2 Å². The number of carbonyl (C=O) groups is 1. The van der Waals surface area contributed by atoms with Gasteiger partial charge in [-0.1, -0.05) is 0 Å². The number of carbonyl (C=O) groups excluding carboxylic acids is 1. The fourth-order valence-electron chi connectivity index (χ4n) is 1.48. The zero-order valence-electron chi connectivity index (χ0n) is 8.30. The largest absolute Gasteiger partial charge is 0.383 e. The molecule has 1 atom stereocenters. The number of ether oxygens (including phenoxy) is 1. The van der Waals surface area contributed by atoms with Crippen LogP contribution in [0.25, 0.3) is 0 Å². The Balaban J connectivity index is 2.31. The van der Waals surface area contributed by atoms with Crippen molar-refractivity contribution in [3.63, 3.8) is 0 Å². The molecule has 0 radical (unpaired) electrons. The predicted molar refractivity (Wildman–Crippen MR) is 50.3 cm³/mol. The number of methoxy groups -OCH3 is 1. The van der Waals surface area contributed by atoms with Gasteiger partial charge in [-0.15, -0.1) is 0 Å². The molecule has 0 bridgehead atoms. The van der Waals surface area contributed by atoms with Crippen LogP contribution in [0.15, 0.2) is 0 Å². The normalized spacial score (nSPS) is 21.8. The molecule has 1 unspecified atom stereocenters.